The number of hydrogen-bond donors (Lipinski definition) is 2. The molecular weight excluding hydrogens is 685 g/mol. The first-order chi connectivity index (χ1) is 26.0. The molecule has 0 spiro atoms. The average molecular weight is 715 g/mol. The second kappa shape index (κ2) is 11.4. The Balaban J connectivity index is 1.27. The molecule has 1 aliphatic rings. The number of phenols is 2. The standard InChI is InChI=1S/C49H30O2S2/c50-37-17-11-29-21-35(15-9-31(29)23-37)49(36-16-10-32-24-38(51)18-12-30(32)22-36)45-25-33(43-27-52-47-7-3-1-5-41(43)47)13-19-39(45)40-20-14-34(26-46(40)49)44-28-53-48-8-4-2-6-42(44)48/h1-28,50-51H. The third-order valence-electron chi connectivity index (χ3n) is 11.2. The van der Waals surface area contributed by atoms with Crippen molar-refractivity contribution in [1.29, 1.82) is 0 Å². The minimum absolute atomic E-state index is 0.259. The summed E-state index contributed by atoms with van der Waals surface area (Å²) < 4.78 is 2.56. The summed E-state index contributed by atoms with van der Waals surface area (Å²) in [6.07, 6.45) is 0. The Morgan fingerprint density at radius 1 is 0.377 bits per heavy atom. The van der Waals surface area contributed by atoms with Gasteiger partial charge in [0, 0.05) is 31.3 Å². The average Bonchev–Trinajstić information content (AvgIpc) is 3.90. The minimum Gasteiger partial charge on any atom is -0.508 e. The second-order valence-corrected chi connectivity index (χ2v) is 15.9. The molecule has 2 aromatic heterocycles. The molecule has 0 saturated carbocycles. The number of benzene rings is 8. The maximum Gasteiger partial charge on any atom is 0.116 e. The molecule has 0 atom stereocenters. The molecule has 0 saturated heterocycles. The van der Waals surface area contributed by atoms with Crippen molar-refractivity contribution in [1.82, 2.24) is 0 Å². The van der Waals surface area contributed by atoms with Crippen LogP contribution in [-0.4, -0.2) is 10.2 Å². The molecule has 4 heteroatoms. The largest absolute Gasteiger partial charge is 0.508 e. The van der Waals surface area contributed by atoms with Gasteiger partial charge in [0.05, 0.1) is 5.41 Å². The maximum absolute atomic E-state index is 10.4. The van der Waals surface area contributed by atoms with Crippen LogP contribution in [0.25, 0.3) is 75.1 Å². The topological polar surface area (TPSA) is 40.5 Å². The molecule has 0 amide bonds. The Morgan fingerprint density at radius 3 is 1.30 bits per heavy atom. The van der Waals surface area contributed by atoms with Crippen LogP contribution in [0, 0.1) is 0 Å². The quantitative estimate of drug-likeness (QED) is 0.191. The molecule has 0 radical (unpaired) electrons. The van der Waals surface area contributed by atoms with E-state index >= 15 is 0 Å². The lowest BCUT2D eigenvalue weighted by Gasteiger charge is -2.35. The molecule has 250 valence electrons. The van der Waals surface area contributed by atoms with Crippen molar-refractivity contribution in [3.8, 4) is 44.9 Å². The van der Waals surface area contributed by atoms with Crippen molar-refractivity contribution in [3.05, 3.63) is 191 Å². The van der Waals surface area contributed by atoms with E-state index in [1.165, 1.54) is 64.7 Å². The van der Waals surface area contributed by atoms with Gasteiger partial charge in [-0.15, -0.1) is 22.7 Å². The summed E-state index contributed by atoms with van der Waals surface area (Å²) in [5.41, 5.74) is 11.4. The summed E-state index contributed by atoms with van der Waals surface area (Å²) in [4.78, 5) is 0. The number of phenolic OH excluding ortho intramolecular Hbond substituents is 2. The monoisotopic (exact) mass is 714 g/mol. The van der Waals surface area contributed by atoms with Crippen molar-refractivity contribution in [2.75, 3.05) is 0 Å². The Bertz CT molecular complexity index is 2900. The fraction of sp³-hybridized carbons (Fsp3) is 0.0204. The van der Waals surface area contributed by atoms with E-state index in [4.69, 9.17) is 0 Å². The molecule has 53 heavy (non-hydrogen) atoms. The van der Waals surface area contributed by atoms with Crippen LogP contribution in [0.4, 0.5) is 0 Å². The van der Waals surface area contributed by atoms with E-state index in [1.807, 2.05) is 24.3 Å². The molecular formula is C49H30O2S2. The van der Waals surface area contributed by atoms with Gasteiger partial charge in [0.15, 0.2) is 0 Å². The Labute approximate surface area is 314 Å². The van der Waals surface area contributed by atoms with Gasteiger partial charge in [-0.3, -0.25) is 0 Å². The molecule has 11 rings (SSSR count). The predicted octanol–water partition coefficient (Wildman–Crippen LogP) is 13.5. The summed E-state index contributed by atoms with van der Waals surface area (Å²) in [5, 5.41) is 32.0. The van der Waals surface area contributed by atoms with Crippen LogP contribution in [0.1, 0.15) is 22.3 Å². The summed E-state index contributed by atoms with van der Waals surface area (Å²) in [6.45, 7) is 0. The predicted molar refractivity (Wildman–Crippen MR) is 224 cm³/mol. The second-order valence-electron chi connectivity index (χ2n) is 14.1. The summed E-state index contributed by atoms with van der Waals surface area (Å²) in [7, 11) is 0. The lowest BCUT2D eigenvalue weighted by molar-refractivity contribution is 0.475. The zero-order chi connectivity index (χ0) is 35.3. The van der Waals surface area contributed by atoms with Crippen LogP contribution < -0.4 is 0 Å². The van der Waals surface area contributed by atoms with E-state index in [-0.39, 0.29) is 11.5 Å². The molecule has 8 aromatic carbocycles. The molecule has 0 aliphatic heterocycles. The SMILES string of the molecule is Oc1ccc2cc(C3(c4ccc5cc(O)ccc5c4)c4cc(-c5csc6ccccc56)ccc4-c4ccc(-c5csc6ccccc56)cc43)ccc2c1. The zero-order valence-electron chi connectivity index (χ0n) is 28.4. The van der Waals surface area contributed by atoms with Gasteiger partial charge < -0.3 is 10.2 Å². The van der Waals surface area contributed by atoms with Crippen LogP contribution >= 0.6 is 22.7 Å². The molecule has 2 nitrogen and oxygen atoms in total. The van der Waals surface area contributed by atoms with Gasteiger partial charge in [-0.25, -0.2) is 0 Å². The third-order valence-corrected chi connectivity index (χ3v) is 13.2. The maximum atomic E-state index is 10.4. The van der Waals surface area contributed by atoms with Crippen molar-refractivity contribution < 1.29 is 10.2 Å². The lowest BCUT2D eigenvalue weighted by atomic mass is 9.66. The van der Waals surface area contributed by atoms with Crippen LogP contribution in [0.15, 0.2) is 168 Å². The third kappa shape index (κ3) is 4.50. The fourth-order valence-corrected chi connectivity index (χ4v) is 10.7. The Morgan fingerprint density at radius 2 is 0.811 bits per heavy atom. The summed E-state index contributed by atoms with van der Waals surface area (Å²) in [5.74, 6) is 0.518. The summed E-state index contributed by atoms with van der Waals surface area (Å²) in [6, 6.07) is 56.1. The first kappa shape index (κ1) is 30.4. The molecule has 0 fully saturated rings. The molecule has 2 N–H and O–H groups in total. The molecule has 2 heterocycles. The first-order valence-electron chi connectivity index (χ1n) is 17.7. The van der Waals surface area contributed by atoms with E-state index < -0.39 is 5.41 Å². The van der Waals surface area contributed by atoms with Crippen molar-refractivity contribution >= 4 is 64.4 Å². The van der Waals surface area contributed by atoms with Gasteiger partial charge >= 0.3 is 0 Å². The van der Waals surface area contributed by atoms with Gasteiger partial charge in [0.25, 0.3) is 0 Å². The van der Waals surface area contributed by atoms with Gasteiger partial charge in [-0.1, -0.05) is 97.1 Å². The van der Waals surface area contributed by atoms with Gasteiger partial charge in [-0.2, -0.15) is 0 Å². The highest BCUT2D eigenvalue weighted by Crippen LogP contribution is 2.58. The van der Waals surface area contributed by atoms with E-state index in [2.05, 4.69) is 132 Å². The number of aromatic hydroxyl groups is 2. The van der Waals surface area contributed by atoms with Crippen LogP contribution in [0.5, 0.6) is 11.5 Å². The lowest BCUT2D eigenvalue weighted by Crippen LogP contribution is -2.28. The molecule has 0 bridgehead atoms. The van der Waals surface area contributed by atoms with E-state index in [1.54, 1.807) is 34.8 Å². The first-order valence-corrected chi connectivity index (χ1v) is 19.5. The highest BCUT2D eigenvalue weighted by molar-refractivity contribution is 7.18. The Kier molecular flexibility index (Phi) is 6.54. The molecule has 1 aliphatic carbocycles. The summed E-state index contributed by atoms with van der Waals surface area (Å²) >= 11 is 3.58. The fourth-order valence-electron chi connectivity index (χ4n) is 8.78. The number of hydrogen-bond acceptors (Lipinski definition) is 4. The smallest absolute Gasteiger partial charge is 0.116 e. The number of fused-ring (bicyclic) bond motifs is 7. The van der Waals surface area contributed by atoms with E-state index in [0.29, 0.717) is 0 Å². The number of rotatable bonds is 4. The van der Waals surface area contributed by atoms with Gasteiger partial charge in [0.1, 0.15) is 11.5 Å². The van der Waals surface area contributed by atoms with Crippen LogP contribution in [-0.2, 0) is 5.41 Å². The van der Waals surface area contributed by atoms with Gasteiger partial charge in [-0.05, 0) is 137 Å². The van der Waals surface area contributed by atoms with Crippen molar-refractivity contribution in [3.63, 3.8) is 0 Å². The minimum atomic E-state index is -0.688. The van der Waals surface area contributed by atoms with Crippen LogP contribution in [0.2, 0.25) is 0 Å². The van der Waals surface area contributed by atoms with Crippen molar-refractivity contribution in [2.24, 2.45) is 0 Å². The highest BCUT2D eigenvalue weighted by Gasteiger charge is 2.47. The van der Waals surface area contributed by atoms with E-state index in [9.17, 15) is 10.2 Å². The number of thiophene rings is 2. The van der Waals surface area contributed by atoms with E-state index in [0.717, 1.165) is 32.7 Å². The zero-order valence-corrected chi connectivity index (χ0v) is 30.0. The van der Waals surface area contributed by atoms with Crippen molar-refractivity contribution in [2.45, 2.75) is 5.41 Å². The molecule has 10 aromatic rings. The molecule has 0 unspecified atom stereocenters. The van der Waals surface area contributed by atoms with Gasteiger partial charge in [0.2, 0.25) is 0 Å². The highest BCUT2D eigenvalue weighted by atomic mass is 32.1. The Hall–Kier alpha value is -6.20. The van der Waals surface area contributed by atoms with Crippen LogP contribution in [0.3, 0.4) is 0 Å². The normalized spacial score (nSPS) is 13.2.